The first-order valence-electron chi connectivity index (χ1n) is 13.9. The molecule has 9 nitrogen and oxygen atoms in total. The van der Waals surface area contributed by atoms with Crippen LogP contribution in [-0.2, 0) is 0 Å². The molecule has 5 atom stereocenters. The van der Waals surface area contributed by atoms with Crippen LogP contribution in [0.1, 0.15) is 45.1 Å². The SMILES string of the molecule is COc1ccc(-c2cc3c(NC4C(C)CC5CC4CC(C)(O)C5)c(/C(N)=N/c4ccc(N)cc4)cnn3c2)cn1. The zero-order chi connectivity index (χ0) is 28.0. The second-order valence-corrected chi connectivity index (χ2v) is 11.8. The molecule has 5 unspecified atom stereocenters. The Morgan fingerprint density at radius 1 is 1.12 bits per heavy atom. The first-order chi connectivity index (χ1) is 19.2. The molecule has 3 aromatic heterocycles. The molecule has 1 aromatic carbocycles. The average molecular weight is 540 g/mol. The van der Waals surface area contributed by atoms with E-state index in [1.54, 1.807) is 19.5 Å². The normalized spacial score (nSPS) is 26.6. The summed E-state index contributed by atoms with van der Waals surface area (Å²) >= 11 is 0. The van der Waals surface area contributed by atoms with Crippen molar-refractivity contribution in [2.75, 3.05) is 18.2 Å². The monoisotopic (exact) mass is 539 g/mol. The highest BCUT2D eigenvalue weighted by molar-refractivity contribution is 6.06. The number of aromatic nitrogens is 3. The summed E-state index contributed by atoms with van der Waals surface area (Å²) in [6.07, 6.45) is 9.42. The van der Waals surface area contributed by atoms with E-state index in [1.165, 1.54) is 0 Å². The fourth-order valence-electron chi connectivity index (χ4n) is 6.86. The van der Waals surface area contributed by atoms with E-state index >= 15 is 0 Å². The van der Waals surface area contributed by atoms with E-state index < -0.39 is 5.60 Å². The van der Waals surface area contributed by atoms with Crippen molar-refractivity contribution >= 4 is 28.4 Å². The van der Waals surface area contributed by atoms with Crippen LogP contribution >= 0.6 is 0 Å². The van der Waals surface area contributed by atoms with Gasteiger partial charge in [-0.2, -0.15) is 5.10 Å². The molecular formula is C31H37N7O2. The van der Waals surface area contributed by atoms with E-state index in [0.29, 0.717) is 35.2 Å². The predicted molar refractivity (Wildman–Crippen MR) is 159 cm³/mol. The summed E-state index contributed by atoms with van der Waals surface area (Å²) in [5.74, 6) is 2.28. The summed E-state index contributed by atoms with van der Waals surface area (Å²) in [6.45, 7) is 4.29. The first-order valence-corrected chi connectivity index (χ1v) is 13.9. The number of nitrogens with zero attached hydrogens (tertiary/aromatic N) is 4. The van der Waals surface area contributed by atoms with Gasteiger partial charge in [0.15, 0.2) is 0 Å². The van der Waals surface area contributed by atoms with Gasteiger partial charge in [-0.25, -0.2) is 14.5 Å². The number of fused-ring (bicyclic) bond motifs is 3. The van der Waals surface area contributed by atoms with Gasteiger partial charge in [-0.3, -0.25) is 0 Å². The highest BCUT2D eigenvalue weighted by atomic mass is 16.5. The zero-order valence-electron chi connectivity index (χ0n) is 23.2. The van der Waals surface area contributed by atoms with E-state index in [9.17, 15) is 5.11 Å². The molecule has 3 heterocycles. The number of pyridine rings is 1. The lowest BCUT2D eigenvalue weighted by Crippen LogP contribution is -2.50. The molecule has 9 heteroatoms. The third-order valence-corrected chi connectivity index (χ3v) is 8.54. The lowest BCUT2D eigenvalue weighted by atomic mass is 9.61. The van der Waals surface area contributed by atoms with E-state index in [4.69, 9.17) is 26.3 Å². The predicted octanol–water partition coefficient (Wildman–Crippen LogP) is 5.01. The van der Waals surface area contributed by atoms with Crippen molar-refractivity contribution in [3.63, 3.8) is 0 Å². The number of nitrogens with one attached hydrogen (secondary N) is 1. The Hall–Kier alpha value is -4.11. The number of nitrogens with two attached hydrogens (primary N) is 2. The van der Waals surface area contributed by atoms with Crippen LogP contribution < -0.4 is 21.5 Å². The van der Waals surface area contributed by atoms with Crippen LogP contribution in [-0.4, -0.2) is 44.3 Å². The minimum atomic E-state index is -0.636. The average Bonchev–Trinajstić information content (AvgIpc) is 3.36. The van der Waals surface area contributed by atoms with Crippen molar-refractivity contribution in [1.29, 1.82) is 0 Å². The van der Waals surface area contributed by atoms with Gasteiger partial charge in [0.2, 0.25) is 5.88 Å². The Kier molecular flexibility index (Phi) is 6.62. The van der Waals surface area contributed by atoms with E-state index in [1.807, 2.05) is 54.0 Å². The number of rotatable bonds is 6. The van der Waals surface area contributed by atoms with Crippen LogP contribution in [0.15, 0.2) is 66.0 Å². The number of hydrogen-bond donors (Lipinski definition) is 4. The Balaban J connectivity index is 1.44. The standard InChI is InChI=1S/C31H37N7O2/c1-18-10-19-11-21(14-31(2,39)13-19)28(18)37-29-25(30(33)36-24-7-5-23(32)6-8-24)16-35-38-17-22(12-26(29)38)20-4-9-27(40-3)34-15-20/h4-9,12,15-19,21,28,37,39H,10-11,13-14,32H2,1-3H3,(H2,33,36). The second-order valence-electron chi connectivity index (χ2n) is 11.8. The third kappa shape index (κ3) is 5.09. The Bertz CT molecular complexity index is 1540. The molecule has 208 valence electrons. The highest BCUT2D eigenvalue weighted by Crippen LogP contribution is 2.47. The summed E-state index contributed by atoms with van der Waals surface area (Å²) in [5.41, 5.74) is 17.7. The number of nitrogen functional groups attached to an aromatic ring is 1. The van der Waals surface area contributed by atoms with Crippen molar-refractivity contribution in [2.45, 2.75) is 51.2 Å². The molecule has 0 amide bonds. The summed E-state index contributed by atoms with van der Waals surface area (Å²) in [4.78, 5) is 9.08. The van der Waals surface area contributed by atoms with Crippen LogP contribution in [0.4, 0.5) is 17.1 Å². The van der Waals surface area contributed by atoms with Crippen LogP contribution in [0.5, 0.6) is 5.88 Å². The molecule has 6 rings (SSSR count). The Labute approximate surface area is 234 Å². The molecular weight excluding hydrogens is 502 g/mol. The van der Waals surface area contributed by atoms with Gasteiger partial charge < -0.3 is 26.6 Å². The van der Waals surface area contributed by atoms with Crippen molar-refractivity contribution in [3.05, 3.63) is 66.6 Å². The quantitative estimate of drug-likeness (QED) is 0.154. The van der Waals surface area contributed by atoms with Gasteiger partial charge in [-0.1, -0.05) is 6.92 Å². The van der Waals surface area contributed by atoms with Crippen molar-refractivity contribution < 1.29 is 9.84 Å². The maximum absolute atomic E-state index is 11.0. The maximum atomic E-state index is 11.0. The molecule has 4 aromatic rings. The number of ether oxygens (including phenoxy) is 1. The fourth-order valence-corrected chi connectivity index (χ4v) is 6.86. The fraction of sp³-hybridized carbons (Fsp3) is 0.387. The summed E-state index contributed by atoms with van der Waals surface area (Å²) in [5, 5.41) is 19.6. The largest absolute Gasteiger partial charge is 0.481 e. The Morgan fingerprint density at radius 3 is 2.65 bits per heavy atom. The maximum Gasteiger partial charge on any atom is 0.212 e. The van der Waals surface area contributed by atoms with E-state index in [0.717, 1.165) is 59.3 Å². The van der Waals surface area contributed by atoms with Gasteiger partial charge in [0, 0.05) is 41.3 Å². The van der Waals surface area contributed by atoms with Gasteiger partial charge in [-0.15, -0.1) is 0 Å². The smallest absolute Gasteiger partial charge is 0.212 e. The van der Waals surface area contributed by atoms with Crippen molar-refractivity contribution in [3.8, 4) is 17.0 Å². The van der Waals surface area contributed by atoms with Crippen LogP contribution in [0.3, 0.4) is 0 Å². The molecule has 40 heavy (non-hydrogen) atoms. The number of amidine groups is 1. The van der Waals surface area contributed by atoms with Gasteiger partial charge in [0.1, 0.15) is 5.84 Å². The topological polar surface area (TPSA) is 136 Å². The summed E-state index contributed by atoms with van der Waals surface area (Å²) < 4.78 is 7.10. The van der Waals surface area contributed by atoms with Crippen LogP contribution in [0, 0.1) is 17.8 Å². The van der Waals surface area contributed by atoms with E-state index in [-0.39, 0.29) is 6.04 Å². The number of hydrogen-bond acceptors (Lipinski definition) is 7. The molecule has 0 spiro atoms. The lowest BCUT2D eigenvalue weighted by molar-refractivity contribution is -0.0501. The molecule has 0 radical (unpaired) electrons. The number of methoxy groups -OCH3 is 1. The van der Waals surface area contributed by atoms with Crippen LogP contribution in [0.2, 0.25) is 0 Å². The molecule has 2 aliphatic rings. The van der Waals surface area contributed by atoms with Crippen molar-refractivity contribution in [2.24, 2.45) is 28.5 Å². The first kappa shape index (κ1) is 26.1. The van der Waals surface area contributed by atoms with Gasteiger partial charge in [0.05, 0.1) is 41.4 Å². The van der Waals surface area contributed by atoms with Gasteiger partial charge in [-0.05, 0) is 86.8 Å². The van der Waals surface area contributed by atoms with E-state index in [2.05, 4.69) is 23.3 Å². The zero-order valence-corrected chi connectivity index (χ0v) is 23.2. The molecule has 2 aliphatic carbocycles. The number of anilines is 2. The molecule has 2 bridgehead atoms. The number of aliphatic imine (C=N–C) groups is 1. The summed E-state index contributed by atoms with van der Waals surface area (Å²) in [7, 11) is 1.61. The molecule has 0 aliphatic heterocycles. The second kappa shape index (κ2) is 10.1. The minimum absolute atomic E-state index is 0.179. The molecule has 6 N–H and O–H groups in total. The Morgan fingerprint density at radius 2 is 1.93 bits per heavy atom. The molecule has 2 saturated carbocycles. The number of benzene rings is 1. The number of aliphatic hydroxyl groups is 1. The van der Waals surface area contributed by atoms with Crippen LogP contribution in [0.25, 0.3) is 16.6 Å². The summed E-state index contributed by atoms with van der Waals surface area (Å²) in [6, 6.07) is 13.4. The lowest BCUT2D eigenvalue weighted by Gasteiger charge is -2.49. The highest BCUT2D eigenvalue weighted by Gasteiger charge is 2.45. The van der Waals surface area contributed by atoms with Gasteiger partial charge in [0.25, 0.3) is 0 Å². The minimum Gasteiger partial charge on any atom is -0.481 e. The molecule has 0 saturated heterocycles. The molecule has 2 fully saturated rings. The van der Waals surface area contributed by atoms with Crippen molar-refractivity contribution in [1.82, 2.24) is 14.6 Å². The third-order valence-electron chi connectivity index (χ3n) is 8.54. The van der Waals surface area contributed by atoms with Gasteiger partial charge >= 0.3 is 0 Å².